The summed E-state index contributed by atoms with van der Waals surface area (Å²) in [4.78, 5) is 12.2. The molecule has 0 atom stereocenters. The molecular weight excluding hydrogens is 403 g/mol. The van der Waals surface area contributed by atoms with Crippen molar-refractivity contribution in [2.24, 2.45) is 0 Å². The van der Waals surface area contributed by atoms with Crippen molar-refractivity contribution in [3.8, 4) is 11.5 Å². The van der Waals surface area contributed by atoms with E-state index in [1.165, 1.54) is 17.9 Å². The maximum atomic E-state index is 12.3. The molecule has 0 bridgehead atoms. The lowest BCUT2D eigenvalue weighted by molar-refractivity contribution is -0.153. The number of ether oxygens (including phenoxy) is 2. The molecule has 8 heteroatoms. The van der Waals surface area contributed by atoms with Crippen LogP contribution in [0.5, 0.6) is 11.5 Å². The van der Waals surface area contributed by atoms with Crippen molar-refractivity contribution in [3.05, 3.63) is 59.0 Å². The Labute approximate surface area is 170 Å². The van der Waals surface area contributed by atoms with Gasteiger partial charge in [-0.3, -0.25) is 4.79 Å². The molecule has 0 spiro atoms. The number of fused-ring (bicyclic) bond motifs is 1. The van der Waals surface area contributed by atoms with Gasteiger partial charge in [0.2, 0.25) is 5.91 Å². The maximum Gasteiger partial charge on any atom is 0.422 e. The van der Waals surface area contributed by atoms with E-state index in [9.17, 15) is 18.0 Å². The van der Waals surface area contributed by atoms with Crippen LogP contribution in [-0.4, -0.2) is 25.8 Å². The summed E-state index contributed by atoms with van der Waals surface area (Å²) in [6, 6.07) is 12.7. The van der Waals surface area contributed by atoms with Gasteiger partial charge >= 0.3 is 6.18 Å². The van der Waals surface area contributed by atoms with Gasteiger partial charge in [0.05, 0.1) is 7.11 Å². The summed E-state index contributed by atoms with van der Waals surface area (Å²) in [5.74, 6) is 0.121. The Hall–Kier alpha value is -2.74. The lowest BCUT2D eigenvalue weighted by Gasteiger charge is -2.13. The smallest absolute Gasteiger partial charge is 0.422 e. The van der Waals surface area contributed by atoms with Gasteiger partial charge in [-0.1, -0.05) is 24.3 Å². The zero-order valence-corrected chi connectivity index (χ0v) is 16.5. The first-order valence-corrected chi connectivity index (χ1v) is 9.82. The predicted molar refractivity (Wildman–Crippen MR) is 107 cm³/mol. The number of benzene rings is 2. The van der Waals surface area contributed by atoms with Gasteiger partial charge < -0.3 is 14.8 Å². The number of hydrogen-bond acceptors (Lipinski definition) is 4. The van der Waals surface area contributed by atoms with Gasteiger partial charge in [0.15, 0.2) is 18.1 Å². The molecule has 1 aromatic heterocycles. The van der Waals surface area contributed by atoms with Crippen LogP contribution < -0.4 is 14.8 Å². The Morgan fingerprint density at radius 3 is 2.69 bits per heavy atom. The van der Waals surface area contributed by atoms with Crippen LogP contribution in [0.2, 0.25) is 0 Å². The number of amides is 1. The van der Waals surface area contributed by atoms with Gasteiger partial charge in [0, 0.05) is 17.7 Å². The van der Waals surface area contributed by atoms with Gasteiger partial charge in [-0.25, -0.2) is 0 Å². The zero-order valence-electron chi connectivity index (χ0n) is 15.7. The van der Waals surface area contributed by atoms with Crippen molar-refractivity contribution in [2.75, 3.05) is 13.7 Å². The van der Waals surface area contributed by atoms with Crippen molar-refractivity contribution >= 4 is 27.3 Å². The Morgan fingerprint density at radius 1 is 1.14 bits per heavy atom. The molecule has 0 unspecified atom stereocenters. The molecule has 0 aliphatic rings. The van der Waals surface area contributed by atoms with Gasteiger partial charge in [0.25, 0.3) is 0 Å². The second-order valence-electron chi connectivity index (χ2n) is 6.42. The molecule has 154 valence electrons. The Balaban J connectivity index is 1.53. The second-order valence-corrected chi connectivity index (χ2v) is 7.33. The summed E-state index contributed by atoms with van der Waals surface area (Å²) < 4.78 is 48.0. The Morgan fingerprint density at radius 2 is 1.93 bits per heavy atom. The second kappa shape index (κ2) is 9.17. The standard InChI is InChI=1S/C21H20F3NO3S/c1-27-18-10-14(6-8-17(18)28-13-21(22,23)24)7-9-20(26)25-11-15-12-29-19-5-3-2-4-16(15)19/h2-6,8,10,12H,7,9,11,13H2,1H3,(H,25,26). The van der Waals surface area contributed by atoms with Crippen LogP contribution in [0, 0.1) is 0 Å². The van der Waals surface area contributed by atoms with Gasteiger partial charge in [-0.2, -0.15) is 13.2 Å². The largest absolute Gasteiger partial charge is 0.493 e. The summed E-state index contributed by atoms with van der Waals surface area (Å²) in [5, 5.41) is 6.08. The average molecular weight is 423 g/mol. The number of nitrogens with one attached hydrogen (secondary N) is 1. The Bertz CT molecular complexity index is 985. The number of alkyl halides is 3. The molecule has 0 radical (unpaired) electrons. The first-order valence-electron chi connectivity index (χ1n) is 8.94. The molecule has 3 aromatic rings. The van der Waals surface area contributed by atoms with Crippen LogP contribution in [0.1, 0.15) is 17.5 Å². The highest BCUT2D eigenvalue weighted by Crippen LogP contribution is 2.30. The number of carbonyl (C=O) groups is 1. The molecule has 1 amide bonds. The number of carbonyl (C=O) groups excluding carboxylic acids is 1. The van der Waals surface area contributed by atoms with Crippen molar-refractivity contribution in [3.63, 3.8) is 0 Å². The monoisotopic (exact) mass is 423 g/mol. The van der Waals surface area contributed by atoms with Crippen LogP contribution in [0.15, 0.2) is 47.8 Å². The molecule has 1 N–H and O–H groups in total. The molecule has 0 aliphatic heterocycles. The summed E-state index contributed by atoms with van der Waals surface area (Å²) in [5.41, 5.74) is 1.85. The lowest BCUT2D eigenvalue weighted by Crippen LogP contribution is -2.22. The van der Waals surface area contributed by atoms with Crippen LogP contribution in [0.3, 0.4) is 0 Å². The lowest BCUT2D eigenvalue weighted by atomic mass is 10.1. The molecule has 1 heterocycles. The van der Waals surface area contributed by atoms with E-state index in [-0.39, 0.29) is 23.8 Å². The summed E-state index contributed by atoms with van der Waals surface area (Å²) in [6.45, 7) is -0.932. The third kappa shape index (κ3) is 5.87. The quantitative estimate of drug-likeness (QED) is 0.548. The van der Waals surface area contributed by atoms with Crippen LogP contribution in [0.25, 0.3) is 10.1 Å². The molecule has 0 aliphatic carbocycles. The minimum Gasteiger partial charge on any atom is -0.493 e. The number of aryl methyl sites for hydroxylation is 1. The van der Waals surface area contributed by atoms with Crippen molar-refractivity contribution in [1.82, 2.24) is 5.32 Å². The third-order valence-electron chi connectivity index (χ3n) is 4.30. The third-order valence-corrected chi connectivity index (χ3v) is 5.31. The van der Waals surface area contributed by atoms with E-state index in [1.54, 1.807) is 23.5 Å². The van der Waals surface area contributed by atoms with Gasteiger partial charge in [0.1, 0.15) is 0 Å². The summed E-state index contributed by atoms with van der Waals surface area (Å²) in [7, 11) is 1.36. The van der Waals surface area contributed by atoms with Gasteiger partial charge in [-0.05, 0) is 46.5 Å². The van der Waals surface area contributed by atoms with E-state index in [0.29, 0.717) is 13.0 Å². The molecular formula is C21H20F3NO3S. The molecule has 0 saturated heterocycles. The molecule has 3 rings (SSSR count). The van der Waals surface area contributed by atoms with Crippen LogP contribution >= 0.6 is 11.3 Å². The van der Waals surface area contributed by atoms with Gasteiger partial charge in [-0.15, -0.1) is 11.3 Å². The average Bonchev–Trinajstić information content (AvgIpc) is 3.12. The zero-order chi connectivity index (χ0) is 20.9. The molecule has 2 aromatic carbocycles. The first-order chi connectivity index (χ1) is 13.9. The maximum absolute atomic E-state index is 12.3. The fourth-order valence-electron chi connectivity index (χ4n) is 2.86. The fourth-order valence-corrected chi connectivity index (χ4v) is 3.82. The SMILES string of the molecule is COc1cc(CCC(=O)NCc2csc3ccccc23)ccc1OCC(F)(F)F. The van der Waals surface area contributed by atoms with Crippen molar-refractivity contribution in [2.45, 2.75) is 25.6 Å². The molecule has 0 saturated carbocycles. The molecule has 4 nitrogen and oxygen atoms in total. The number of thiophene rings is 1. The van der Waals surface area contributed by atoms with E-state index in [1.807, 2.05) is 29.6 Å². The van der Waals surface area contributed by atoms with E-state index >= 15 is 0 Å². The topological polar surface area (TPSA) is 47.6 Å². The molecule has 29 heavy (non-hydrogen) atoms. The van der Waals surface area contributed by atoms with E-state index in [0.717, 1.165) is 16.5 Å². The summed E-state index contributed by atoms with van der Waals surface area (Å²) >= 11 is 1.64. The first kappa shape index (κ1) is 21.0. The van der Waals surface area contributed by atoms with E-state index < -0.39 is 12.8 Å². The normalized spacial score (nSPS) is 11.4. The van der Waals surface area contributed by atoms with Crippen LogP contribution in [-0.2, 0) is 17.8 Å². The molecule has 0 fully saturated rings. The van der Waals surface area contributed by atoms with Crippen LogP contribution in [0.4, 0.5) is 13.2 Å². The van der Waals surface area contributed by atoms with Crippen molar-refractivity contribution < 1.29 is 27.4 Å². The number of halogens is 3. The number of rotatable bonds is 8. The summed E-state index contributed by atoms with van der Waals surface area (Å²) in [6.07, 6.45) is -3.73. The predicted octanol–water partition coefficient (Wildman–Crippen LogP) is 5.10. The van der Waals surface area contributed by atoms with Crippen molar-refractivity contribution in [1.29, 1.82) is 0 Å². The highest BCUT2D eigenvalue weighted by atomic mass is 32.1. The fraction of sp³-hybridized carbons (Fsp3) is 0.286. The Kier molecular flexibility index (Phi) is 6.64. The highest BCUT2D eigenvalue weighted by Gasteiger charge is 2.29. The number of hydrogen-bond donors (Lipinski definition) is 1. The minimum absolute atomic E-state index is 0.0161. The number of methoxy groups -OCH3 is 1. The minimum atomic E-state index is -4.42. The van der Waals surface area contributed by atoms with E-state index in [2.05, 4.69) is 5.32 Å². The van der Waals surface area contributed by atoms with E-state index in [4.69, 9.17) is 9.47 Å². The highest BCUT2D eigenvalue weighted by molar-refractivity contribution is 7.17.